The largest absolute Gasteiger partial charge is 0.340 e. The number of carbonyl (C=O) groups excluding carboxylic acids is 1. The van der Waals surface area contributed by atoms with Crippen molar-refractivity contribution in [3.63, 3.8) is 0 Å². The Morgan fingerprint density at radius 3 is 2.76 bits per heavy atom. The predicted molar refractivity (Wildman–Crippen MR) is 68.8 cm³/mol. The molecule has 1 aliphatic rings. The molecule has 1 aromatic rings. The Kier molecular flexibility index (Phi) is 4.45. The van der Waals surface area contributed by atoms with Crippen LogP contribution in [0.1, 0.15) is 18.4 Å². The first-order chi connectivity index (χ1) is 8.25. The summed E-state index contributed by atoms with van der Waals surface area (Å²) in [5, 5.41) is 0. The Bertz CT molecular complexity index is 378. The predicted octanol–water partition coefficient (Wildman–Crippen LogP) is 2.64. The summed E-state index contributed by atoms with van der Waals surface area (Å²) in [6.45, 7) is 4.24. The maximum Gasteiger partial charge on any atom is 0.222 e. The van der Waals surface area contributed by atoms with Gasteiger partial charge >= 0.3 is 0 Å². The third-order valence-corrected chi connectivity index (χ3v) is 3.54. The van der Waals surface area contributed by atoms with Crippen LogP contribution in [0.15, 0.2) is 29.2 Å². The van der Waals surface area contributed by atoms with E-state index in [0.717, 1.165) is 17.9 Å². The van der Waals surface area contributed by atoms with E-state index in [4.69, 9.17) is 4.18 Å². The normalized spacial score (nSPS) is 15.6. The molecule has 1 fully saturated rings. The van der Waals surface area contributed by atoms with Gasteiger partial charge in [-0.05, 0) is 25.5 Å². The third-order valence-electron chi connectivity index (χ3n) is 2.79. The van der Waals surface area contributed by atoms with Crippen LogP contribution in [-0.4, -0.2) is 30.5 Å². The fraction of sp³-hybridized carbons (Fsp3) is 0.462. The summed E-state index contributed by atoms with van der Waals surface area (Å²) in [6.07, 6.45) is 1.69. The van der Waals surface area contributed by atoms with Gasteiger partial charge in [-0.25, -0.2) is 0 Å². The fourth-order valence-electron chi connectivity index (χ4n) is 1.79. The molecule has 1 aromatic carbocycles. The number of likely N-dealkylation sites (tertiary alicyclic amines) is 1. The number of rotatable bonds is 5. The van der Waals surface area contributed by atoms with E-state index in [1.54, 1.807) is 0 Å². The molecular formula is C13H17NO2S. The van der Waals surface area contributed by atoms with Gasteiger partial charge in [0.2, 0.25) is 5.91 Å². The molecule has 17 heavy (non-hydrogen) atoms. The summed E-state index contributed by atoms with van der Waals surface area (Å²) in [4.78, 5) is 14.3. The molecule has 0 bridgehead atoms. The zero-order valence-electron chi connectivity index (χ0n) is 10.0. The lowest BCUT2D eigenvalue weighted by atomic mass is 10.2. The second kappa shape index (κ2) is 6.07. The Hall–Kier alpha value is -1.00. The highest BCUT2D eigenvalue weighted by atomic mass is 32.2. The summed E-state index contributed by atoms with van der Waals surface area (Å²) >= 11 is 1.38. The van der Waals surface area contributed by atoms with Gasteiger partial charge in [0.1, 0.15) is 0 Å². The van der Waals surface area contributed by atoms with Crippen molar-refractivity contribution < 1.29 is 8.98 Å². The molecular weight excluding hydrogens is 234 g/mol. The average molecular weight is 251 g/mol. The molecule has 0 spiro atoms. The summed E-state index contributed by atoms with van der Waals surface area (Å²) in [6, 6.07) is 8.22. The van der Waals surface area contributed by atoms with Crippen LogP contribution in [0.3, 0.4) is 0 Å². The molecule has 0 radical (unpaired) electrons. The molecule has 0 aromatic heterocycles. The quantitative estimate of drug-likeness (QED) is 0.595. The maximum absolute atomic E-state index is 11.3. The van der Waals surface area contributed by atoms with Crippen molar-refractivity contribution in [1.29, 1.82) is 0 Å². The summed E-state index contributed by atoms with van der Waals surface area (Å²) in [7, 11) is 0. The van der Waals surface area contributed by atoms with Crippen molar-refractivity contribution in [2.24, 2.45) is 0 Å². The lowest BCUT2D eigenvalue weighted by Crippen LogP contribution is -2.27. The van der Waals surface area contributed by atoms with Crippen LogP contribution in [0.2, 0.25) is 0 Å². The molecule has 0 atom stereocenters. The van der Waals surface area contributed by atoms with E-state index in [0.29, 0.717) is 19.6 Å². The first-order valence-electron chi connectivity index (χ1n) is 5.89. The molecule has 1 aliphatic heterocycles. The lowest BCUT2D eigenvalue weighted by Gasteiger charge is -2.14. The second-order valence-corrected chi connectivity index (χ2v) is 5.08. The van der Waals surface area contributed by atoms with Gasteiger partial charge in [0.15, 0.2) is 0 Å². The third kappa shape index (κ3) is 3.75. The molecule has 3 nitrogen and oxygen atoms in total. The van der Waals surface area contributed by atoms with Gasteiger partial charge in [0.05, 0.1) is 6.61 Å². The Morgan fingerprint density at radius 2 is 2.12 bits per heavy atom. The first-order valence-corrected chi connectivity index (χ1v) is 6.64. The SMILES string of the molecule is Cc1ccc(SOCCN2CCCC2=O)cc1. The van der Waals surface area contributed by atoms with Gasteiger partial charge in [0.25, 0.3) is 0 Å². The van der Waals surface area contributed by atoms with E-state index >= 15 is 0 Å². The van der Waals surface area contributed by atoms with Gasteiger partial charge in [-0.3, -0.25) is 4.79 Å². The van der Waals surface area contributed by atoms with Crippen LogP contribution in [-0.2, 0) is 8.98 Å². The molecule has 4 heteroatoms. The minimum Gasteiger partial charge on any atom is -0.340 e. The van der Waals surface area contributed by atoms with Crippen molar-refractivity contribution in [3.8, 4) is 0 Å². The van der Waals surface area contributed by atoms with Gasteiger partial charge in [-0.2, -0.15) is 0 Å². The number of aryl methyl sites for hydroxylation is 1. The minimum atomic E-state index is 0.258. The lowest BCUT2D eigenvalue weighted by molar-refractivity contribution is -0.127. The molecule has 1 saturated heterocycles. The molecule has 0 unspecified atom stereocenters. The minimum absolute atomic E-state index is 0.258. The van der Waals surface area contributed by atoms with Crippen molar-refractivity contribution >= 4 is 17.9 Å². The van der Waals surface area contributed by atoms with Crippen LogP contribution >= 0.6 is 12.0 Å². The van der Waals surface area contributed by atoms with Gasteiger partial charge in [-0.1, -0.05) is 17.7 Å². The van der Waals surface area contributed by atoms with E-state index in [1.165, 1.54) is 17.6 Å². The molecule has 0 aliphatic carbocycles. The highest BCUT2D eigenvalue weighted by molar-refractivity contribution is 7.94. The molecule has 1 amide bonds. The number of hydrogen-bond donors (Lipinski definition) is 0. The maximum atomic E-state index is 11.3. The summed E-state index contributed by atoms with van der Waals surface area (Å²) in [5.41, 5.74) is 1.25. The highest BCUT2D eigenvalue weighted by Gasteiger charge is 2.19. The number of hydrogen-bond acceptors (Lipinski definition) is 3. The number of nitrogens with zero attached hydrogens (tertiary/aromatic N) is 1. The van der Waals surface area contributed by atoms with Crippen LogP contribution in [0.5, 0.6) is 0 Å². The van der Waals surface area contributed by atoms with Gasteiger partial charge in [0, 0.05) is 36.4 Å². The first kappa shape index (κ1) is 12.5. The number of benzene rings is 1. The van der Waals surface area contributed by atoms with Crippen LogP contribution in [0.25, 0.3) is 0 Å². The number of amides is 1. The standard InChI is InChI=1S/C13H17NO2S/c1-11-4-6-12(7-5-11)17-16-10-9-14-8-2-3-13(14)15/h4-7H,2-3,8-10H2,1H3. The average Bonchev–Trinajstić information content (AvgIpc) is 2.73. The van der Waals surface area contributed by atoms with E-state index < -0.39 is 0 Å². The topological polar surface area (TPSA) is 29.5 Å². The van der Waals surface area contributed by atoms with Gasteiger partial charge < -0.3 is 9.08 Å². The Labute approximate surface area is 106 Å². The van der Waals surface area contributed by atoms with Crippen molar-refractivity contribution in [2.45, 2.75) is 24.7 Å². The molecule has 0 N–H and O–H groups in total. The molecule has 92 valence electrons. The van der Waals surface area contributed by atoms with Crippen molar-refractivity contribution in [3.05, 3.63) is 29.8 Å². The number of carbonyl (C=O) groups is 1. The van der Waals surface area contributed by atoms with Crippen LogP contribution in [0, 0.1) is 6.92 Å². The van der Waals surface area contributed by atoms with Gasteiger partial charge in [-0.15, -0.1) is 0 Å². The zero-order chi connectivity index (χ0) is 12.1. The van der Waals surface area contributed by atoms with Crippen LogP contribution in [0.4, 0.5) is 0 Å². The monoisotopic (exact) mass is 251 g/mol. The Morgan fingerprint density at radius 1 is 1.35 bits per heavy atom. The van der Waals surface area contributed by atoms with Crippen molar-refractivity contribution in [2.75, 3.05) is 19.7 Å². The zero-order valence-corrected chi connectivity index (χ0v) is 10.8. The molecule has 1 heterocycles. The summed E-state index contributed by atoms with van der Waals surface area (Å²) in [5.74, 6) is 0.258. The van der Waals surface area contributed by atoms with E-state index in [2.05, 4.69) is 19.1 Å². The van der Waals surface area contributed by atoms with E-state index in [-0.39, 0.29) is 5.91 Å². The highest BCUT2D eigenvalue weighted by Crippen LogP contribution is 2.19. The molecule has 2 rings (SSSR count). The van der Waals surface area contributed by atoms with E-state index in [9.17, 15) is 4.79 Å². The second-order valence-electron chi connectivity index (χ2n) is 4.20. The molecule has 0 saturated carbocycles. The smallest absolute Gasteiger partial charge is 0.222 e. The van der Waals surface area contributed by atoms with E-state index in [1.807, 2.05) is 17.0 Å². The van der Waals surface area contributed by atoms with Crippen LogP contribution < -0.4 is 0 Å². The fourth-order valence-corrected chi connectivity index (χ4v) is 2.33. The summed E-state index contributed by atoms with van der Waals surface area (Å²) < 4.78 is 5.49. The Balaban J connectivity index is 1.66. The van der Waals surface area contributed by atoms with Crippen molar-refractivity contribution in [1.82, 2.24) is 4.90 Å².